The molecule has 294 valence electrons. The monoisotopic (exact) mass is 763 g/mol. The van der Waals surface area contributed by atoms with Gasteiger partial charge in [-0.3, -0.25) is 19.2 Å². The summed E-state index contributed by atoms with van der Waals surface area (Å²) in [6.45, 7) is 5.81. The van der Waals surface area contributed by atoms with Crippen molar-refractivity contribution in [3.8, 4) is 5.75 Å². The molecule has 4 aromatic rings. The van der Waals surface area contributed by atoms with E-state index in [4.69, 9.17) is 14.2 Å². The molecule has 0 aliphatic rings. The summed E-state index contributed by atoms with van der Waals surface area (Å²) < 4.78 is 16.5. The van der Waals surface area contributed by atoms with E-state index in [-0.39, 0.29) is 43.3 Å². The highest BCUT2D eigenvalue weighted by molar-refractivity contribution is 5.97. The number of unbranched alkanes of at least 4 members (excludes halogenated alkanes) is 1. The number of benzene rings is 4. The average molecular weight is 764 g/mol. The summed E-state index contributed by atoms with van der Waals surface area (Å²) in [5.41, 5.74) is 2.86. The van der Waals surface area contributed by atoms with Crippen molar-refractivity contribution in [1.29, 1.82) is 0 Å². The van der Waals surface area contributed by atoms with Crippen LogP contribution >= 0.6 is 0 Å². The summed E-state index contributed by atoms with van der Waals surface area (Å²) in [4.78, 5) is 75.4. The van der Waals surface area contributed by atoms with Gasteiger partial charge in [-0.25, -0.2) is 9.59 Å². The van der Waals surface area contributed by atoms with Gasteiger partial charge in [0.2, 0.25) is 5.91 Å². The molecule has 12 heteroatoms. The molecule has 0 radical (unpaired) electrons. The third kappa shape index (κ3) is 14.8. The van der Waals surface area contributed by atoms with E-state index in [1.165, 1.54) is 6.07 Å². The lowest BCUT2D eigenvalue weighted by Gasteiger charge is -2.22. The van der Waals surface area contributed by atoms with E-state index in [1.54, 1.807) is 57.2 Å². The van der Waals surface area contributed by atoms with Gasteiger partial charge in [-0.15, -0.1) is 0 Å². The second kappa shape index (κ2) is 21.6. The molecule has 0 fully saturated rings. The second-order valence-electron chi connectivity index (χ2n) is 14.2. The van der Waals surface area contributed by atoms with Crippen molar-refractivity contribution in [2.75, 3.05) is 11.9 Å². The lowest BCUT2D eigenvalue weighted by atomic mass is 9.90. The van der Waals surface area contributed by atoms with Crippen molar-refractivity contribution in [3.05, 3.63) is 131 Å². The molecule has 0 bridgehead atoms. The van der Waals surface area contributed by atoms with E-state index in [0.29, 0.717) is 55.4 Å². The summed E-state index contributed by atoms with van der Waals surface area (Å²) >= 11 is 0. The minimum Gasteiger partial charge on any atom is -0.488 e. The molecule has 2 unspecified atom stereocenters. The summed E-state index contributed by atoms with van der Waals surface area (Å²) in [7, 11) is 0. The fourth-order valence-electron chi connectivity index (χ4n) is 5.69. The maximum Gasteiger partial charge on any atom is 0.408 e. The Bertz CT molecular complexity index is 1910. The van der Waals surface area contributed by atoms with Crippen LogP contribution in [0.3, 0.4) is 0 Å². The minimum absolute atomic E-state index is 0.0283. The Hall–Kier alpha value is -6.30. The number of hydrogen-bond acceptors (Lipinski definition) is 9. The van der Waals surface area contributed by atoms with E-state index >= 15 is 0 Å². The first kappa shape index (κ1) is 42.4. The van der Waals surface area contributed by atoms with Gasteiger partial charge in [-0.1, -0.05) is 79.2 Å². The third-order valence-corrected chi connectivity index (χ3v) is 8.55. The number of aldehydes is 2. The van der Waals surface area contributed by atoms with E-state index in [0.717, 1.165) is 16.7 Å². The zero-order valence-electron chi connectivity index (χ0n) is 32.0. The molecule has 0 aromatic heterocycles. The van der Waals surface area contributed by atoms with Gasteiger partial charge >= 0.3 is 12.2 Å². The Labute approximate surface area is 327 Å². The van der Waals surface area contributed by atoms with Crippen LogP contribution in [0.4, 0.5) is 15.3 Å². The van der Waals surface area contributed by atoms with Crippen LogP contribution in [0.5, 0.6) is 5.75 Å². The fraction of sp³-hybridized carbons (Fsp3) is 0.318. The number of nitrogens with one attached hydrogen (secondary N) is 3. The molecule has 0 saturated heterocycles. The number of anilines is 1. The molecular weight excluding hydrogens is 714 g/mol. The van der Waals surface area contributed by atoms with Crippen molar-refractivity contribution < 1.29 is 43.0 Å². The first-order valence-corrected chi connectivity index (χ1v) is 18.5. The predicted molar refractivity (Wildman–Crippen MR) is 212 cm³/mol. The standard InChI is InChI=1S/C44H49N3O9/c1-44(2,3)56-42(52)45-23-11-10-16-35(41(51)46-37-20-17-33(18-21-37)29-54-40-22-19-34(27-48)24-36(40)28-49)26-39(50)38(25-31-12-6-4-7-13-31)47-43(53)55-30-32-14-8-5-9-15-32/h4-9,12-15,17-22,24,27-28,35,38H,10-11,16,23,25-26,29-30H2,1-3H3,(H,45,52)(H,46,51)(H,47,53). The lowest BCUT2D eigenvalue weighted by molar-refractivity contribution is -0.127. The Morgan fingerprint density at radius 1 is 0.732 bits per heavy atom. The van der Waals surface area contributed by atoms with Crippen LogP contribution in [0.2, 0.25) is 0 Å². The molecule has 56 heavy (non-hydrogen) atoms. The topological polar surface area (TPSA) is 166 Å². The molecule has 4 aromatic carbocycles. The van der Waals surface area contributed by atoms with E-state index in [9.17, 15) is 28.8 Å². The van der Waals surface area contributed by atoms with E-state index in [2.05, 4.69) is 16.0 Å². The fourth-order valence-corrected chi connectivity index (χ4v) is 5.69. The highest BCUT2D eigenvalue weighted by Crippen LogP contribution is 2.22. The maximum atomic E-state index is 14.0. The van der Waals surface area contributed by atoms with Crippen LogP contribution < -0.4 is 20.7 Å². The van der Waals surface area contributed by atoms with Gasteiger partial charge in [0.1, 0.15) is 30.9 Å². The summed E-state index contributed by atoms with van der Waals surface area (Å²) in [6.07, 6.45) is 1.42. The molecule has 0 spiro atoms. The molecule has 4 rings (SSSR count). The Kier molecular flexibility index (Phi) is 16.3. The molecular formula is C44H49N3O9. The number of ether oxygens (including phenoxy) is 3. The zero-order valence-corrected chi connectivity index (χ0v) is 32.0. The molecule has 0 aliphatic heterocycles. The summed E-state index contributed by atoms with van der Waals surface area (Å²) in [5, 5.41) is 8.37. The number of carbonyl (C=O) groups excluding carboxylic acids is 6. The van der Waals surface area contributed by atoms with Gasteiger partial charge in [0, 0.05) is 30.1 Å². The number of rotatable bonds is 20. The molecule has 0 saturated carbocycles. The van der Waals surface area contributed by atoms with Crippen LogP contribution in [-0.2, 0) is 38.7 Å². The Morgan fingerprint density at radius 2 is 1.39 bits per heavy atom. The molecule has 3 N–H and O–H groups in total. The zero-order chi connectivity index (χ0) is 40.3. The van der Waals surface area contributed by atoms with Gasteiger partial charge in [0.25, 0.3) is 0 Å². The number of carbonyl (C=O) groups is 6. The number of alkyl carbamates (subject to hydrolysis) is 2. The smallest absolute Gasteiger partial charge is 0.408 e. The van der Waals surface area contributed by atoms with Crippen molar-refractivity contribution in [2.24, 2.45) is 5.92 Å². The first-order chi connectivity index (χ1) is 26.9. The highest BCUT2D eigenvalue weighted by atomic mass is 16.6. The van der Waals surface area contributed by atoms with Crippen molar-refractivity contribution in [3.63, 3.8) is 0 Å². The maximum absolute atomic E-state index is 14.0. The van der Waals surface area contributed by atoms with Crippen LogP contribution in [0, 0.1) is 5.92 Å². The molecule has 3 amide bonds. The third-order valence-electron chi connectivity index (χ3n) is 8.55. The van der Waals surface area contributed by atoms with Crippen molar-refractivity contribution in [2.45, 2.75) is 77.7 Å². The highest BCUT2D eigenvalue weighted by Gasteiger charge is 2.28. The normalized spacial score (nSPS) is 12.0. The Morgan fingerprint density at radius 3 is 2.04 bits per heavy atom. The average Bonchev–Trinajstić information content (AvgIpc) is 3.19. The molecule has 2 atom stereocenters. The molecule has 12 nitrogen and oxygen atoms in total. The van der Waals surface area contributed by atoms with Gasteiger partial charge in [0.15, 0.2) is 12.1 Å². The van der Waals surface area contributed by atoms with Crippen molar-refractivity contribution in [1.82, 2.24) is 10.6 Å². The minimum atomic E-state index is -0.960. The van der Waals surface area contributed by atoms with Gasteiger partial charge in [-0.05, 0) is 87.1 Å². The van der Waals surface area contributed by atoms with Crippen LogP contribution in [0.1, 0.15) is 83.9 Å². The Balaban J connectivity index is 1.43. The lowest BCUT2D eigenvalue weighted by Crippen LogP contribution is -2.44. The first-order valence-electron chi connectivity index (χ1n) is 18.5. The van der Waals surface area contributed by atoms with Gasteiger partial charge in [0.05, 0.1) is 11.6 Å². The van der Waals surface area contributed by atoms with Crippen molar-refractivity contribution >= 4 is 42.1 Å². The number of amides is 3. The van der Waals surface area contributed by atoms with Gasteiger partial charge in [-0.2, -0.15) is 0 Å². The number of ketones is 1. The van der Waals surface area contributed by atoms with E-state index < -0.39 is 29.7 Å². The summed E-state index contributed by atoms with van der Waals surface area (Å²) in [6, 6.07) is 29.0. The molecule has 0 heterocycles. The van der Waals surface area contributed by atoms with E-state index in [1.807, 2.05) is 60.7 Å². The van der Waals surface area contributed by atoms with Crippen LogP contribution in [0.25, 0.3) is 0 Å². The van der Waals surface area contributed by atoms with Gasteiger partial charge < -0.3 is 30.2 Å². The quantitative estimate of drug-likeness (QED) is 0.0606. The molecule has 0 aliphatic carbocycles. The SMILES string of the molecule is CC(C)(C)OC(=O)NCCCCC(CC(=O)C(Cc1ccccc1)NC(=O)OCc1ccccc1)C(=O)Nc1ccc(COc2ccc(C=O)cc2C=O)cc1. The largest absolute Gasteiger partial charge is 0.488 e. The van der Waals surface area contributed by atoms with Crippen LogP contribution in [0.15, 0.2) is 103 Å². The second-order valence-corrected chi connectivity index (χ2v) is 14.2. The summed E-state index contributed by atoms with van der Waals surface area (Å²) in [5.74, 6) is -1.13. The predicted octanol–water partition coefficient (Wildman–Crippen LogP) is 7.64. The number of hydrogen-bond donors (Lipinski definition) is 3. The van der Waals surface area contributed by atoms with Crippen LogP contribution in [-0.4, -0.2) is 54.6 Å². The number of Topliss-reactive ketones (excluding diaryl/α,β-unsaturated/α-hetero) is 1.